The zero-order valence-corrected chi connectivity index (χ0v) is 17.3. The molecule has 0 rings (SSSR count). The van der Waals surface area contributed by atoms with Crippen molar-refractivity contribution in [1.29, 1.82) is 0 Å². The van der Waals surface area contributed by atoms with Crippen LogP contribution in [0.3, 0.4) is 0 Å². The highest BCUT2D eigenvalue weighted by atomic mass is 15.0. The summed E-state index contributed by atoms with van der Waals surface area (Å²) >= 11 is 0. The topological polar surface area (TPSA) is 96.2 Å². The normalized spacial score (nSPS) is 11.3. The molecule has 8 nitrogen and oxygen atoms in total. The lowest BCUT2D eigenvalue weighted by molar-refractivity contribution is 0.547. The fraction of sp³-hybridized carbons (Fsp3) is 1.00. The van der Waals surface area contributed by atoms with E-state index in [-0.39, 0.29) is 0 Å². The number of hydrogen-bond donors (Lipinski definition) is 8. The molecule has 158 valence electrons. The Morgan fingerprint density at radius 3 is 0.577 bits per heavy atom. The third-order valence-electron chi connectivity index (χ3n) is 3.85. The Morgan fingerprint density at radius 2 is 0.423 bits per heavy atom. The molecule has 0 unspecified atom stereocenters. The lowest BCUT2D eigenvalue weighted by Crippen LogP contribution is -2.38. The minimum absolute atomic E-state index is 1.02. The maximum Gasteiger partial charge on any atom is 0.00772 e. The highest BCUT2D eigenvalue weighted by Gasteiger charge is 1.91. The van der Waals surface area contributed by atoms with Crippen LogP contribution in [-0.4, -0.2) is 105 Å². The molecular formula is C18H46N8. The van der Waals surface area contributed by atoms with Gasteiger partial charge in [-0.3, -0.25) is 0 Å². The quantitative estimate of drug-likeness (QED) is 0.0950. The molecule has 0 saturated carbocycles. The molecule has 8 N–H and O–H groups in total. The molecule has 0 amide bonds. The van der Waals surface area contributed by atoms with E-state index in [0.717, 1.165) is 105 Å². The van der Waals surface area contributed by atoms with E-state index in [2.05, 4.69) is 56.4 Å². The average Bonchev–Trinajstić information content (AvgIpc) is 2.66. The van der Waals surface area contributed by atoms with Gasteiger partial charge in [-0.15, -0.1) is 0 Å². The van der Waals surface area contributed by atoms with Crippen molar-refractivity contribution < 1.29 is 0 Å². The molecule has 0 aromatic rings. The lowest BCUT2D eigenvalue weighted by Gasteiger charge is -2.09. The van der Waals surface area contributed by atoms with Crippen molar-refractivity contribution in [3.63, 3.8) is 0 Å². The molecule has 8 heteroatoms. The number of rotatable bonds is 23. The fourth-order valence-electron chi connectivity index (χ4n) is 2.34. The van der Waals surface area contributed by atoms with Gasteiger partial charge in [0.15, 0.2) is 0 Å². The van der Waals surface area contributed by atoms with Gasteiger partial charge < -0.3 is 42.5 Å². The summed E-state index contributed by atoms with van der Waals surface area (Å²) < 4.78 is 0. The first-order valence-corrected chi connectivity index (χ1v) is 10.6. The zero-order chi connectivity index (χ0) is 19.0. The summed E-state index contributed by atoms with van der Waals surface area (Å²) in [6.45, 7) is 20.8. The maximum absolute atomic E-state index is 3.45. The molecule has 0 aromatic heterocycles. The van der Waals surface area contributed by atoms with Crippen LogP contribution in [0.5, 0.6) is 0 Å². The van der Waals surface area contributed by atoms with E-state index in [0.29, 0.717) is 0 Å². The van der Waals surface area contributed by atoms with Gasteiger partial charge in [0.1, 0.15) is 0 Å². The highest BCUT2D eigenvalue weighted by Crippen LogP contribution is 1.65. The second-order valence-electron chi connectivity index (χ2n) is 6.21. The number of hydrogen-bond acceptors (Lipinski definition) is 8. The molecule has 0 aliphatic carbocycles. The van der Waals surface area contributed by atoms with E-state index in [9.17, 15) is 0 Å². The molecule has 0 atom stereocenters. The van der Waals surface area contributed by atoms with Crippen LogP contribution in [0, 0.1) is 0 Å². The summed E-state index contributed by atoms with van der Waals surface area (Å²) in [6.07, 6.45) is 0. The SMILES string of the molecule is CCNCCNCCNCCNCCNCCNCCNCCNCC. The first kappa shape index (κ1) is 25.7. The summed E-state index contributed by atoms with van der Waals surface area (Å²) in [7, 11) is 0. The van der Waals surface area contributed by atoms with Crippen molar-refractivity contribution in [3.05, 3.63) is 0 Å². The molecular weight excluding hydrogens is 328 g/mol. The first-order valence-electron chi connectivity index (χ1n) is 10.6. The molecule has 0 bridgehead atoms. The summed E-state index contributed by atoms with van der Waals surface area (Å²) in [5.41, 5.74) is 0. The smallest absolute Gasteiger partial charge is 0.00772 e. The minimum atomic E-state index is 1.02. The lowest BCUT2D eigenvalue weighted by atomic mass is 10.5. The number of likely N-dealkylation sites (N-methyl/N-ethyl adjacent to an activating group) is 2. The van der Waals surface area contributed by atoms with Gasteiger partial charge in [-0.2, -0.15) is 0 Å². The molecule has 0 aliphatic heterocycles. The Kier molecular flexibility index (Phi) is 24.4. The van der Waals surface area contributed by atoms with Crippen molar-refractivity contribution in [2.24, 2.45) is 0 Å². The van der Waals surface area contributed by atoms with Gasteiger partial charge in [-0.05, 0) is 13.1 Å². The summed E-state index contributed by atoms with van der Waals surface area (Å²) in [5.74, 6) is 0. The van der Waals surface area contributed by atoms with Crippen molar-refractivity contribution in [3.8, 4) is 0 Å². The summed E-state index contributed by atoms with van der Waals surface area (Å²) in [6, 6.07) is 0. The van der Waals surface area contributed by atoms with Gasteiger partial charge >= 0.3 is 0 Å². The summed E-state index contributed by atoms with van der Waals surface area (Å²) in [4.78, 5) is 0. The van der Waals surface area contributed by atoms with Crippen LogP contribution >= 0.6 is 0 Å². The van der Waals surface area contributed by atoms with E-state index in [1.807, 2.05) is 0 Å². The third-order valence-corrected chi connectivity index (χ3v) is 3.85. The van der Waals surface area contributed by atoms with Crippen molar-refractivity contribution in [1.82, 2.24) is 42.5 Å². The molecule has 0 aliphatic rings. The van der Waals surface area contributed by atoms with Gasteiger partial charge in [-0.1, -0.05) is 13.8 Å². The highest BCUT2D eigenvalue weighted by molar-refractivity contribution is 4.59. The van der Waals surface area contributed by atoms with Crippen LogP contribution in [0.25, 0.3) is 0 Å². The van der Waals surface area contributed by atoms with E-state index in [1.54, 1.807) is 0 Å². The van der Waals surface area contributed by atoms with Crippen LogP contribution in [0.1, 0.15) is 13.8 Å². The van der Waals surface area contributed by atoms with Gasteiger partial charge in [-0.25, -0.2) is 0 Å². The Bertz CT molecular complexity index is 219. The Balaban J connectivity index is 2.95. The second kappa shape index (κ2) is 24.7. The maximum atomic E-state index is 3.45. The first-order chi connectivity index (χ1) is 12.9. The molecule has 26 heavy (non-hydrogen) atoms. The van der Waals surface area contributed by atoms with Crippen LogP contribution < -0.4 is 42.5 Å². The number of nitrogens with one attached hydrogen (secondary N) is 8. The van der Waals surface area contributed by atoms with E-state index in [4.69, 9.17) is 0 Å². The molecule has 0 aromatic carbocycles. The van der Waals surface area contributed by atoms with E-state index >= 15 is 0 Å². The van der Waals surface area contributed by atoms with E-state index in [1.165, 1.54) is 0 Å². The minimum Gasteiger partial charge on any atom is -0.316 e. The van der Waals surface area contributed by atoms with Crippen molar-refractivity contribution in [2.45, 2.75) is 13.8 Å². The van der Waals surface area contributed by atoms with Crippen molar-refractivity contribution >= 4 is 0 Å². The van der Waals surface area contributed by atoms with Gasteiger partial charge in [0.25, 0.3) is 0 Å². The Hall–Kier alpha value is -0.320. The molecule has 0 heterocycles. The average molecular weight is 375 g/mol. The van der Waals surface area contributed by atoms with Crippen LogP contribution in [0.4, 0.5) is 0 Å². The monoisotopic (exact) mass is 374 g/mol. The van der Waals surface area contributed by atoms with Crippen LogP contribution in [0.15, 0.2) is 0 Å². The van der Waals surface area contributed by atoms with Crippen molar-refractivity contribution in [2.75, 3.05) is 105 Å². The Morgan fingerprint density at radius 1 is 0.269 bits per heavy atom. The largest absolute Gasteiger partial charge is 0.316 e. The van der Waals surface area contributed by atoms with Gasteiger partial charge in [0.2, 0.25) is 0 Å². The fourth-order valence-corrected chi connectivity index (χ4v) is 2.34. The predicted molar refractivity (Wildman–Crippen MR) is 114 cm³/mol. The molecule has 0 radical (unpaired) electrons. The van der Waals surface area contributed by atoms with Gasteiger partial charge in [0, 0.05) is 91.6 Å². The Labute approximate surface area is 161 Å². The summed E-state index contributed by atoms with van der Waals surface area (Å²) in [5, 5.41) is 27.2. The third kappa shape index (κ3) is 23.7. The second-order valence-corrected chi connectivity index (χ2v) is 6.21. The predicted octanol–water partition coefficient (Wildman–Crippen LogP) is -2.26. The van der Waals surface area contributed by atoms with E-state index < -0.39 is 0 Å². The molecule has 0 spiro atoms. The van der Waals surface area contributed by atoms with Gasteiger partial charge in [0.05, 0.1) is 0 Å². The zero-order valence-electron chi connectivity index (χ0n) is 17.3. The van der Waals surface area contributed by atoms with Crippen LogP contribution in [-0.2, 0) is 0 Å². The van der Waals surface area contributed by atoms with Crippen LogP contribution in [0.2, 0.25) is 0 Å². The molecule has 0 saturated heterocycles. The standard InChI is InChI=1S/C18H46N8/c1-3-19-5-7-21-9-11-23-13-15-25-17-18-26-16-14-24-12-10-22-8-6-20-4-2/h19-26H,3-18H2,1-2H3. The molecule has 0 fully saturated rings.